The van der Waals surface area contributed by atoms with Gasteiger partial charge in [0.05, 0.1) is 16.5 Å². The minimum Gasteiger partial charge on any atom is -0.327 e. The van der Waals surface area contributed by atoms with Crippen molar-refractivity contribution in [2.75, 3.05) is 18.4 Å². The number of anilines is 1. The van der Waals surface area contributed by atoms with Gasteiger partial charge in [0.25, 0.3) is 0 Å². The number of nitrogens with one attached hydrogen (secondary N) is 2. The highest BCUT2D eigenvalue weighted by Crippen LogP contribution is 2.47. The zero-order valence-corrected chi connectivity index (χ0v) is 23.7. The van der Waals surface area contributed by atoms with Gasteiger partial charge in [0.15, 0.2) is 0 Å². The lowest BCUT2D eigenvalue weighted by Crippen LogP contribution is -2.71. The number of fused-ring (bicyclic) bond motifs is 3. The second-order valence-corrected chi connectivity index (χ2v) is 12.6. The van der Waals surface area contributed by atoms with Gasteiger partial charge in [-0.05, 0) is 73.1 Å². The van der Waals surface area contributed by atoms with E-state index in [1.807, 2.05) is 37.3 Å². The molecule has 1 saturated heterocycles. The first-order valence-electron chi connectivity index (χ1n) is 14.8. The number of halogens is 2. The maximum atomic E-state index is 14.3. The summed E-state index contributed by atoms with van der Waals surface area (Å²) in [7, 11) is 0. The summed E-state index contributed by atoms with van der Waals surface area (Å²) >= 11 is 0. The van der Waals surface area contributed by atoms with Crippen molar-refractivity contribution in [3.8, 4) is 0 Å². The van der Waals surface area contributed by atoms with E-state index in [-0.39, 0.29) is 11.8 Å². The Bertz CT molecular complexity index is 1610. The normalized spacial score (nSPS) is 26.2. The van der Waals surface area contributed by atoms with Crippen molar-refractivity contribution in [1.29, 1.82) is 0 Å². The molecular weight excluding hydrogens is 534 g/mol. The number of hydrogen-bond acceptors (Lipinski definition) is 4. The Balaban J connectivity index is 1.16. The monoisotopic (exact) mass is 568 g/mol. The molecule has 216 valence electrons. The fourth-order valence-corrected chi connectivity index (χ4v) is 7.63. The smallest absolute Gasteiger partial charge is 0.243 e. The summed E-state index contributed by atoms with van der Waals surface area (Å²) < 4.78 is 28.6. The van der Waals surface area contributed by atoms with Crippen LogP contribution in [0.1, 0.15) is 66.8 Å². The highest BCUT2D eigenvalue weighted by Gasteiger charge is 2.53. The lowest BCUT2D eigenvalue weighted by molar-refractivity contribution is -0.152. The zero-order valence-electron chi connectivity index (χ0n) is 23.7. The van der Waals surface area contributed by atoms with Crippen LogP contribution in [-0.2, 0) is 33.4 Å². The van der Waals surface area contributed by atoms with Gasteiger partial charge in [-0.15, -0.1) is 0 Å². The molecule has 8 heteroatoms. The molecule has 2 N–H and O–H groups in total. The second kappa shape index (κ2) is 9.83. The Labute approximate surface area is 244 Å². The number of rotatable bonds is 4. The topological polar surface area (TPSA) is 74.3 Å². The van der Waals surface area contributed by atoms with E-state index in [4.69, 9.17) is 0 Å². The van der Waals surface area contributed by atoms with Gasteiger partial charge in [-0.25, -0.2) is 13.8 Å². The first-order chi connectivity index (χ1) is 20.2. The highest BCUT2D eigenvalue weighted by molar-refractivity contribution is 6.06. The van der Waals surface area contributed by atoms with Gasteiger partial charge < -0.3 is 15.5 Å². The van der Waals surface area contributed by atoms with Crippen molar-refractivity contribution < 1.29 is 18.4 Å². The summed E-state index contributed by atoms with van der Waals surface area (Å²) in [5.41, 5.74) is 2.46. The van der Waals surface area contributed by atoms with E-state index < -0.39 is 28.1 Å². The number of piperazine rings is 1. The number of carbonyl (C=O) groups excluding carboxylic acids is 2. The standard InChI is InChI=1S/C34H34F2N4O2/c1-32(25-16-26(35)18-27(36)17-25)21-38-34(11-3-2-4-12-34)31(42)40(32)14-6-7-22-9-10-23-19-33(20-24(23)15-22)28-8-5-13-37-29(28)39-30(33)41/h5-10,13,15-18,38H,2-4,11-12,14,19-21H2,1H3,(H,37,39,41)/b7-6+/t32-,33+/m0/s1. The summed E-state index contributed by atoms with van der Waals surface area (Å²) in [6.45, 7) is 2.60. The molecule has 1 saturated carbocycles. The third kappa shape index (κ3) is 4.18. The largest absolute Gasteiger partial charge is 0.327 e. The van der Waals surface area contributed by atoms with Crippen LogP contribution in [0.4, 0.5) is 14.6 Å². The molecule has 42 heavy (non-hydrogen) atoms. The molecule has 6 nitrogen and oxygen atoms in total. The van der Waals surface area contributed by atoms with Crippen LogP contribution >= 0.6 is 0 Å². The Morgan fingerprint density at radius 1 is 0.976 bits per heavy atom. The van der Waals surface area contributed by atoms with Crippen LogP contribution in [0.15, 0.2) is 60.8 Å². The summed E-state index contributed by atoms with van der Waals surface area (Å²) in [4.78, 5) is 33.4. The van der Waals surface area contributed by atoms with E-state index in [1.54, 1.807) is 11.1 Å². The van der Waals surface area contributed by atoms with Gasteiger partial charge in [-0.3, -0.25) is 9.59 Å². The molecule has 2 aliphatic heterocycles. The molecule has 2 aromatic carbocycles. The molecule has 3 aromatic rings. The lowest BCUT2D eigenvalue weighted by atomic mass is 9.75. The molecule has 2 amide bonds. The Morgan fingerprint density at radius 2 is 1.74 bits per heavy atom. The van der Waals surface area contributed by atoms with E-state index >= 15 is 0 Å². The molecule has 7 rings (SSSR count). The number of aromatic nitrogens is 1. The Hall–Kier alpha value is -3.91. The maximum Gasteiger partial charge on any atom is 0.243 e. The van der Waals surface area contributed by atoms with Crippen LogP contribution in [-0.4, -0.2) is 40.3 Å². The van der Waals surface area contributed by atoms with Gasteiger partial charge in [0.2, 0.25) is 11.8 Å². The van der Waals surface area contributed by atoms with E-state index in [0.717, 1.165) is 60.4 Å². The summed E-state index contributed by atoms with van der Waals surface area (Å²) in [5.74, 6) is -0.685. The predicted molar refractivity (Wildman–Crippen MR) is 157 cm³/mol. The fourth-order valence-electron chi connectivity index (χ4n) is 7.63. The molecule has 4 aliphatic rings. The molecule has 2 fully saturated rings. The minimum atomic E-state index is -0.922. The van der Waals surface area contributed by atoms with Crippen LogP contribution in [0.3, 0.4) is 0 Å². The minimum absolute atomic E-state index is 0.00794. The van der Waals surface area contributed by atoms with Crippen molar-refractivity contribution >= 4 is 23.7 Å². The molecule has 2 aliphatic carbocycles. The average molecular weight is 569 g/mol. The van der Waals surface area contributed by atoms with Crippen LogP contribution in [0.25, 0.3) is 6.08 Å². The Kier molecular flexibility index (Phi) is 6.31. The lowest BCUT2D eigenvalue weighted by Gasteiger charge is -2.53. The van der Waals surface area contributed by atoms with Crippen molar-refractivity contribution in [1.82, 2.24) is 15.2 Å². The number of hydrogen-bond donors (Lipinski definition) is 2. The van der Waals surface area contributed by atoms with Crippen LogP contribution in [0.2, 0.25) is 0 Å². The summed E-state index contributed by atoms with van der Waals surface area (Å²) in [5, 5.41) is 6.47. The van der Waals surface area contributed by atoms with E-state index in [1.165, 1.54) is 12.1 Å². The number of nitrogens with zero attached hydrogens (tertiary/aromatic N) is 2. The van der Waals surface area contributed by atoms with Gasteiger partial charge in [0, 0.05) is 30.9 Å². The maximum absolute atomic E-state index is 14.3. The van der Waals surface area contributed by atoms with Gasteiger partial charge in [-0.1, -0.05) is 55.7 Å². The number of carbonyl (C=O) groups is 2. The average Bonchev–Trinajstić information content (AvgIpc) is 3.49. The van der Waals surface area contributed by atoms with E-state index in [2.05, 4.69) is 27.8 Å². The third-order valence-electron chi connectivity index (χ3n) is 10.0. The third-order valence-corrected chi connectivity index (χ3v) is 10.0. The molecule has 2 spiro atoms. The van der Waals surface area contributed by atoms with Gasteiger partial charge in [0.1, 0.15) is 17.5 Å². The van der Waals surface area contributed by atoms with E-state index in [9.17, 15) is 18.4 Å². The quantitative estimate of drug-likeness (QED) is 0.442. The van der Waals surface area contributed by atoms with Gasteiger partial charge >= 0.3 is 0 Å². The molecule has 0 radical (unpaired) electrons. The predicted octanol–water partition coefficient (Wildman–Crippen LogP) is 5.41. The molecular formula is C34H34F2N4O2. The van der Waals surface area contributed by atoms with Crippen molar-refractivity contribution in [2.45, 2.75) is 68.4 Å². The second-order valence-electron chi connectivity index (χ2n) is 12.6. The number of pyridine rings is 1. The van der Waals surface area contributed by atoms with Crippen molar-refractivity contribution in [3.63, 3.8) is 0 Å². The molecule has 3 heterocycles. The molecule has 0 unspecified atom stereocenters. The number of amides is 2. The first kappa shape index (κ1) is 27.0. The van der Waals surface area contributed by atoms with Crippen LogP contribution < -0.4 is 10.6 Å². The molecule has 1 aromatic heterocycles. The number of benzene rings is 2. The Morgan fingerprint density at radius 3 is 2.52 bits per heavy atom. The van der Waals surface area contributed by atoms with E-state index in [0.29, 0.717) is 37.3 Å². The SMILES string of the molecule is C[C@@]1(c2cc(F)cc(F)c2)CNC2(CCCCC2)C(=O)N1C/C=C/c1ccc2c(c1)C[C@@]1(C2)C(=O)Nc2ncccc21. The van der Waals surface area contributed by atoms with Crippen molar-refractivity contribution in [3.05, 3.63) is 100 Å². The highest BCUT2D eigenvalue weighted by atomic mass is 19.1. The van der Waals surface area contributed by atoms with Crippen molar-refractivity contribution in [2.24, 2.45) is 0 Å². The van der Waals surface area contributed by atoms with Crippen LogP contribution in [0.5, 0.6) is 0 Å². The molecule has 0 bridgehead atoms. The summed E-state index contributed by atoms with van der Waals surface area (Å²) in [6.07, 6.45) is 11.5. The molecule has 2 atom stereocenters. The first-order valence-corrected chi connectivity index (χ1v) is 14.8. The van der Waals surface area contributed by atoms with Crippen LogP contribution in [0, 0.1) is 11.6 Å². The zero-order chi connectivity index (χ0) is 29.1. The van der Waals surface area contributed by atoms with Gasteiger partial charge in [-0.2, -0.15) is 0 Å². The fraction of sp³-hybridized carbons (Fsp3) is 0.382. The summed E-state index contributed by atoms with van der Waals surface area (Å²) in [6, 6.07) is 13.6.